The number of benzene rings is 1. The van der Waals surface area contributed by atoms with Gasteiger partial charge in [-0.05, 0) is 41.9 Å². The minimum Gasteiger partial charge on any atom is -0.357 e. The van der Waals surface area contributed by atoms with Crippen molar-refractivity contribution in [1.82, 2.24) is 9.13 Å². The fourth-order valence-corrected chi connectivity index (χ4v) is 4.21. The van der Waals surface area contributed by atoms with Gasteiger partial charge in [0.15, 0.2) is 0 Å². The van der Waals surface area contributed by atoms with Crippen molar-refractivity contribution in [2.45, 2.75) is 12.3 Å². The van der Waals surface area contributed by atoms with Gasteiger partial charge in [0, 0.05) is 33.3 Å². The van der Waals surface area contributed by atoms with E-state index in [9.17, 15) is 14.0 Å². The smallest absolute Gasteiger partial charge is 0.332 e. The highest BCUT2D eigenvalue weighted by atomic mass is 19.1. The number of rotatable bonds is 2. The summed E-state index contributed by atoms with van der Waals surface area (Å²) in [5.74, 6) is 1.98. The molecule has 0 radical (unpaired) electrons. The van der Waals surface area contributed by atoms with Gasteiger partial charge in [0.2, 0.25) is 0 Å². The average molecular weight is 329 g/mol. The van der Waals surface area contributed by atoms with Crippen LogP contribution in [0.3, 0.4) is 0 Å². The molecule has 3 atom stereocenters. The third-order valence-electron chi connectivity index (χ3n) is 5.69. The SMILES string of the molecule is Cn1c(N2CC3CC(c4ccc(F)cc4)C3C2)cc(=O)n(C)c1=O. The second-order valence-corrected chi connectivity index (χ2v) is 6.96. The topological polar surface area (TPSA) is 47.2 Å². The van der Waals surface area contributed by atoms with Crippen molar-refractivity contribution in [3.63, 3.8) is 0 Å². The minimum absolute atomic E-state index is 0.210. The van der Waals surface area contributed by atoms with Crippen LogP contribution in [0.2, 0.25) is 0 Å². The van der Waals surface area contributed by atoms with E-state index >= 15 is 0 Å². The van der Waals surface area contributed by atoms with E-state index < -0.39 is 0 Å². The van der Waals surface area contributed by atoms with Crippen LogP contribution < -0.4 is 16.1 Å². The van der Waals surface area contributed by atoms with E-state index in [-0.39, 0.29) is 17.1 Å². The lowest BCUT2D eigenvalue weighted by Crippen LogP contribution is -2.39. The van der Waals surface area contributed by atoms with Crippen LogP contribution in [0.25, 0.3) is 0 Å². The molecule has 0 spiro atoms. The molecule has 2 aromatic rings. The summed E-state index contributed by atoms with van der Waals surface area (Å²) in [6, 6.07) is 8.30. The Bertz CT molecular complexity index is 900. The molecule has 1 saturated carbocycles. The molecule has 1 aromatic carbocycles. The van der Waals surface area contributed by atoms with Crippen molar-refractivity contribution in [1.29, 1.82) is 0 Å². The van der Waals surface area contributed by atoms with Crippen molar-refractivity contribution in [3.8, 4) is 0 Å². The fraction of sp³-hybridized carbons (Fsp3) is 0.444. The maximum absolute atomic E-state index is 13.1. The van der Waals surface area contributed by atoms with E-state index in [4.69, 9.17) is 0 Å². The first-order valence-corrected chi connectivity index (χ1v) is 8.23. The van der Waals surface area contributed by atoms with Crippen LogP contribution in [0.15, 0.2) is 39.9 Å². The van der Waals surface area contributed by atoms with Gasteiger partial charge in [-0.15, -0.1) is 0 Å². The molecule has 5 nitrogen and oxygen atoms in total. The molecule has 4 rings (SSSR count). The van der Waals surface area contributed by atoms with Crippen LogP contribution in [0.1, 0.15) is 17.9 Å². The van der Waals surface area contributed by atoms with Gasteiger partial charge in [-0.25, -0.2) is 9.18 Å². The Hall–Kier alpha value is -2.37. The van der Waals surface area contributed by atoms with Gasteiger partial charge in [0.25, 0.3) is 5.56 Å². The lowest BCUT2D eigenvalue weighted by molar-refractivity contribution is 0.191. The van der Waals surface area contributed by atoms with Crippen LogP contribution in [-0.2, 0) is 14.1 Å². The first kappa shape index (κ1) is 15.2. The molecule has 126 valence electrons. The zero-order valence-corrected chi connectivity index (χ0v) is 13.8. The van der Waals surface area contributed by atoms with Gasteiger partial charge >= 0.3 is 5.69 Å². The Morgan fingerprint density at radius 3 is 2.46 bits per heavy atom. The summed E-state index contributed by atoms with van der Waals surface area (Å²) in [7, 11) is 3.20. The largest absolute Gasteiger partial charge is 0.357 e. The maximum atomic E-state index is 13.1. The van der Waals surface area contributed by atoms with Crippen LogP contribution in [0, 0.1) is 17.7 Å². The molecule has 0 bridgehead atoms. The average Bonchev–Trinajstić information content (AvgIpc) is 2.88. The molecule has 3 unspecified atom stereocenters. The summed E-state index contributed by atoms with van der Waals surface area (Å²) < 4.78 is 15.8. The molecule has 2 aliphatic rings. The molecule has 24 heavy (non-hydrogen) atoms. The first-order valence-electron chi connectivity index (χ1n) is 8.23. The van der Waals surface area contributed by atoms with E-state index in [2.05, 4.69) is 4.90 Å². The number of fused-ring (bicyclic) bond motifs is 1. The van der Waals surface area contributed by atoms with E-state index in [0.29, 0.717) is 23.6 Å². The second kappa shape index (κ2) is 5.33. The summed E-state index contributed by atoms with van der Waals surface area (Å²) in [5.41, 5.74) is 0.603. The monoisotopic (exact) mass is 329 g/mol. The summed E-state index contributed by atoms with van der Waals surface area (Å²) in [5, 5.41) is 0. The third-order valence-corrected chi connectivity index (χ3v) is 5.69. The van der Waals surface area contributed by atoms with Crippen LogP contribution in [-0.4, -0.2) is 22.2 Å². The molecule has 6 heteroatoms. The molecule has 1 aliphatic heterocycles. The summed E-state index contributed by atoms with van der Waals surface area (Å²) in [6.45, 7) is 1.69. The Morgan fingerprint density at radius 2 is 1.75 bits per heavy atom. The molecule has 2 fully saturated rings. The molecule has 1 saturated heterocycles. The molecule has 1 aromatic heterocycles. The maximum Gasteiger partial charge on any atom is 0.332 e. The van der Waals surface area contributed by atoms with Crippen molar-refractivity contribution < 1.29 is 4.39 Å². The summed E-state index contributed by atoms with van der Waals surface area (Å²) >= 11 is 0. The van der Waals surface area contributed by atoms with Gasteiger partial charge < -0.3 is 4.90 Å². The van der Waals surface area contributed by atoms with Gasteiger partial charge in [-0.2, -0.15) is 0 Å². The number of hydrogen-bond acceptors (Lipinski definition) is 3. The van der Waals surface area contributed by atoms with E-state index in [1.165, 1.54) is 24.7 Å². The van der Waals surface area contributed by atoms with Crippen molar-refractivity contribution in [2.24, 2.45) is 25.9 Å². The standard InChI is InChI=1S/C18H20FN3O2/c1-20-16(8-17(23)21(2)18(20)24)22-9-12-7-14(15(12)10-22)11-3-5-13(19)6-4-11/h3-6,8,12,14-15H,7,9-10H2,1-2H3. The van der Waals surface area contributed by atoms with Crippen molar-refractivity contribution in [2.75, 3.05) is 18.0 Å². The van der Waals surface area contributed by atoms with Crippen molar-refractivity contribution in [3.05, 3.63) is 62.6 Å². The van der Waals surface area contributed by atoms with Crippen LogP contribution in [0.5, 0.6) is 0 Å². The molecule has 0 amide bonds. The van der Waals surface area contributed by atoms with E-state index in [1.54, 1.807) is 17.7 Å². The Labute approximate surface area is 139 Å². The number of hydrogen-bond donors (Lipinski definition) is 0. The zero-order valence-electron chi connectivity index (χ0n) is 13.8. The highest BCUT2D eigenvalue weighted by Gasteiger charge is 2.47. The lowest BCUT2D eigenvalue weighted by atomic mass is 9.64. The highest BCUT2D eigenvalue weighted by molar-refractivity contribution is 5.42. The number of halogens is 1. The third kappa shape index (κ3) is 2.20. The van der Waals surface area contributed by atoms with Crippen LogP contribution >= 0.6 is 0 Å². The van der Waals surface area contributed by atoms with Gasteiger partial charge in [-0.3, -0.25) is 13.9 Å². The van der Waals surface area contributed by atoms with Crippen LogP contribution in [0.4, 0.5) is 10.2 Å². The quantitative estimate of drug-likeness (QED) is 0.838. The molecular formula is C18H20FN3O2. The zero-order chi connectivity index (χ0) is 17.0. The number of anilines is 1. The minimum atomic E-state index is -0.299. The Kier molecular flexibility index (Phi) is 3.37. The lowest BCUT2D eigenvalue weighted by Gasteiger charge is -2.39. The van der Waals surface area contributed by atoms with E-state index in [1.807, 2.05) is 12.1 Å². The van der Waals surface area contributed by atoms with E-state index in [0.717, 1.165) is 24.1 Å². The van der Waals surface area contributed by atoms with Gasteiger partial charge in [0.05, 0.1) is 0 Å². The first-order chi connectivity index (χ1) is 11.5. The van der Waals surface area contributed by atoms with Gasteiger partial charge in [0.1, 0.15) is 11.6 Å². The normalized spacial score (nSPS) is 25.5. The van der Waals surface area contributed by atoms with Crippen molar-refractivity contribution >= 4 is 5.82 Å². The molecule has 1 aliphatic carbocycles. The molecule has 0 N–H and O–H groups in total. The fourth-order valence-electron chi connectivity index (χ4n) is 4.21. The predicted octanol–water partition coefficient (Wildman–Crippen LogP) is 1.46. The Morgan fingerprint density at radius 1 is 1.04 bits per heavy atom. The molecule has 2 heterocycles. The highest BCUT2D eigenvalue weighted by Crippen LogP contribution is 2.51. The predicted molar refractivity (Wildman–Crippen MR) is 89.9 cm³/mol. The molecular weight excluding hydrogens is 309 g/mol. The van der Waals surface area contributed by atoms with Gasteiger partial charge in [-0.1, -0.05) is 12.1 Å². The second-order valence-electron chi connectivity index (χ2n) is 6.96. The summed E-state index contributed by atoms with van der Waals surface area (Å²) in [4.78, 5) is 26.2. The summed E-state index contributed by atoms with van der Waals surface area (Å²) in [6.07, 6.45) is 1.07. The number of aromatic nitrogens is 2. The Balaban J connectivity index is 1.59. The number of nitrogens with zero attached hydrogens (tertiary/aromatic N) is 3.